The van der Waals surface area contributed by atoms with Gasteiger partial charge in [0.15, 0.2) is 0 Å². The number of benzene rings is 1. The molecule has 0 radical (unpaired) electrons. The highest BCUT2D eigenvalue weighted by Crippen LogP contribution is 2.23. The number of carboxylic acids is 1. The van der Waals surface area contributed by atoms with Gasteiger partial charge in [-0.25, -0.2) is 4.98 Å². The van der Waals surface area contributed by atoms with Crippen molar-refractivity contribution >= 4 is 28.9 Å². The van der Waals surface area contributed by atoms with Gasteiger partial charge in [0, 0.05) is 5.69 Å². The van der Waals surface area contributed by atoms with Crippen LogP contribution in [-0.4, -0.2) is 28.5 Å². The summed E-state index contributed by atoms with van der Waals surface area (Å²) in [5.41, 5.74) is 2.25. The fraction of sp³-hybridized carbons (Fsp3) is 0.267. The van der Waals surface area contributed by atoms with E-state index in [0.717, 1.165) is 10.6 Å². The zero-order chi connectivity index (χ0) is 15.6. The van der Waals surface area contributed by atoms with Gasteiger partial charge in [-0.3, -0.25) is 14.5 Å². The minimum absolute atomic E-state index is 0.329. The summed E-state index contributed by atoms with van der Waals surface area (Å²) < 4.78 is 0. The van der Waals surface area contributed by atoms with Crippen LogP contribution in [0.5, 0.6) is 0 Å². The molecule has 6 heteroatoms. The van der Waals surface area contributed by atoms with Crippen molar-refractivity contribution in [2.24, 2.45) is 0 Å². The number of anilines is 1. The Hall–Kier alpha value is -2.21. The van der Waals surface area contributed by atoms with Gasteiger partial charge in [-0.05, 0) is 32.9 Å². The van der Waals surface area contributed by atoms with Crippen molar-refractivity contribution in [1.82, 2.24) is 4.98 Å². The normalized spacial score (nSPS) is 10.4. The van der Waals surface area contributed by atoms with Crippen LogP contribution in [0.25, 0.3) is 0 Å². The number of aliphatic carboxylic acids is 1. The first kappa shape index (κ1) is 15.2. The molecule has 0 saturated heterocycles. The van der Waals surface area contributed by atoms with Crippen LogP contribution in [0.15, 0.2) is 24.3 Å². The molecular weight excluding hydrogens is 288 g/mol. The Morgan fingerprint density at radius 2 is 1.81 bits per heavy atom. The number of aryl methyl sites for hydroxylation is 3. The summed E-state index contributed by atoms with van der Waals surface area (Å²) in [4.78, 5) is 29.7. The van der Waals surface area contributed by atoms with E-state index < -0.39 is 5.97 Å². The SMILES string of the molecule is Cc1ccc(N(CC(=O)O)C(=O)c2sc(C)nc2C)cc1. The number of carbonyl (C=O) groups is 2. The smallest absolute Gasteiger partial charge is 0.323 e. The quantitative estimate of drug-likeness (QED) is 0.943. The topological polar surface area (TPSA) is 70.5 Å². The van der Waals surface area contributed by atoms with Crippen molar-refractivity contribution in [2.45, 2.75) is 20.8 Å². The number of hydrogen-bond donors (Lipinski definition) is 1. The Labute approximate surface area is 126 Å². The summed E-state index contributed by atoms with van der Waals surface area (Å²) in [6.07, 6.45) is 0. The van der Waals surface area contributed by atoms with Crippen molar-refractivity contribution in [2.75, 3.05) is 11.4 Å². The minimum atomic E-state index is -1.05. The van der Waals surface area contributed by atoms with E-state index in [4.69, 9.17) is 5.11 Å². The lowest BCUT2D eigenvalue weighted by Crippen LogP contribution is -2.35. The van der Waals surface area contributed by atoms with E-state index in [-0.39, 0.29) is 12.5 Å². The largest absolute Gasteiger partial charge is 0.480 e. The van der Waals surface area contributed by atoms with Gasteiger partial charge in [0.1, 0.15) is 11.4 Å². The molecule has 0 aliphatic carbocycles. The van der Waals surface area contributed by atoms with Crippen LogP contribution in [0, 0.1) is 20.8 Å². The first-order chi connectivity index (χ1) is 9.88. The monoisotopic (exact) mass is 304 g/mol. The molecule has 0 unspecified atom stereocenters. The van der Waals surface area contributed by atoms with Gasteiger partial charge in [-0.1, -0.05) is 17.7 Å². The molecule has 5 nitrogen and oxygen atoms in total. The minimum Gasteiger partial charge on any atom is -0.480 e. The summed E-state index contributed by atoms with van der Waals surface area (Å²) in [5, 5.41) is 9.85. The van der Waals surface area contributed by atoms with Crippen LogP contribution >= 0.6 is 11.3 Å². The van der Waals surface area contributed by atoms with Gasteiger partial charge in [0.25, 0.3) is 5.91 Å². The summed E-state index contributed by atoms with van der Waals surface area (Å²) in [5.74, 6) is -1.38. The second kappa shape index (κ2) is 6.05. The number of thiazole rings is 1. The van der Waals surface area contributed by atoms with E-state index in [2.05, 4.69) is 4.98 Å². The number of carboxylic acid groups (broad SMARTS) is 1. The number of amides is 1. The molecule has 2 aromatic rings. The van der Waals surface area contributed by atoms with Crippen molar-refractivity contribution in [3.8, 4) is 0 Å². The van der Waals surface area contributed by atoms with Gasteiger partial charge >= 0.3 is 5.97 Å². The average Bonchev–Trinajstić information content (AvgIpc) is 2.75. The maximum Gasteiger partial charge on any atom is 0.323 e. The molecule has 1 N–H and O–H groups in total. The highest BCUT2D eigenvalue weighted by Gasteiger charge is 2.24. The molecule has 1 amide bonds. The number of hydrogen-bond acceptors (Lipinski definition) is 4. The van der Waals surface area contributed by atoms with Crippen LogP contribution < -0.4 is 4.90 Å². The molecule has 0 saturated carbocycles. The highest BCUT2D eigenvalue weighted by atomic mass is 32.1. The van der Waals surface area contributed by atoms with Crippen molar-refractivity contribution in [3.63, 3.8) is 0 Å². The molecule has 110 valence electrons. The van der Waals surface area contributed by atoms with Crippen LogP contribution in [-0.2, 0) is 4.79 Å². The third kappa shape index (κ3) is 3.46. The molecule has 0 aliphatic heterocycles. The van der Waals surface area contributed by atoms with Gasteiger partial charge in [-0.2, -0.15) is 0 Å². The molecule has 0 spiro atoms. The fourth-order valence-electron chi connectivity index (χ4n) is 1.99. The Morgan fingerprint density at radius 1 is 1.19 bits per heavy atom. The number of rotatable bonds is 4. The lowest BCUT2D eigenvalue weighted by atomic mass is 10.2. The van der Waals surface area contributed by atoms with Crippen LogP contribution in [0.4, 0.5) is 5.69 Å². The number of nitrogens with zero attached hydrogens (tertiary/aromatic N) is 2. The van der Waals surface area contributed by atoms with Crippen molar-refractivity contribution in [1.29, 1.82) is 0 Å². The van der Waals surface area contributed by atoms with Gasteiger partial charge in [-0.15, -0.1) is 11.3 Å². The summed E-state index contributed by atoms with van der Waals surface area (Å²) >= 11 is 1.28. The van der Waals surface area contributed by atoms with E-state index in [1.807, 2.05) is 26.0 Å². The summed E-state index contributed by atoms with van der Waals surface area (Å²) in [7, 11) is 0. The van der Waals surface area contributed by atoms with Crippen LogP contribution in [0.2, 0.25) is 0 Å². The molecule has 1 heterocycles. The molecule has 0 atom stereocenters. The number of carbonyl (C=O) groups excluding carboxylic acids is 1. The summed E-state index contributed by atoms with van der Waals surface area (Å²) in [6.45, 7) is 5.13. The summed E-state index contributed by atoms with van der Waals surface area (Å²) in [6, 6.07) is 7.20. The number of aromatic nitrogens is 1. The second-order valence-corrected chi connectivity index (χ2v) is 5.97. The molecule has 0 bridgehead atoms. The maximum absolute atomic E-state index is 12.6. The molecule has 2 rings (SSSR count). The molecule has 1 aromatic carbocycles. The molecule has 0 aliphatic rings. The van der Waals surface area contributed by atoms with Crippen molar-refractivity contribution in [3.05, 3.63) is 45.4 Å². The van der Waals surface area contributed by atoms with E-state index in [0.29, 0.717) is 16.3 Å². The molecular formula is C15H16N2O3S. The average molecular weight is 304 g/mol. The Bertz CT molecular complexity index is 677. The van der Waals surface area contributed by atoms with Crippen molar-refractivity contribution < 1.29 is 14.7 Å². The lowest BCUT2D eigenvalue weighted by molar-refractivity contribution is -0.135. The highest BCUT2D eigenvalue weighted by molar-refractivity contribution is 7.13. The molecule has 1 aromatic heterocycles. The van der Waals surface area contributed by atoms with E-state index in [9.17, 15) is 9.59 Å². The van der Waals surface area contributed by atoms with E-state index in [1.165, 1.54) is 16.2 Å². The zero-order valence-corrected chi connectivity index (χ0v) is 12.9. The molecule has 0 fully saturated rings. The van der Waals surface area contributed by atoms with E-state index >= 15 is 0 Å². The standard InChI is InChI=1S/C15H16N2O3S/c1-9-4-6-12(7-5-9)17(8-13(18)19)15(20)14-10(2)16-11(3)21-14/h4-7H,8H2,1-3H3,(H,18,19). The zero-order valence-electron chi connectivity index (χ0n) is 12.1. The first-order valence-corrected chi connectivity index (χ1v) is 7.24. The first-order valence-electron chi connectivity index (χ1n) is 6.43. The Balaban J connectivity index is 2.40. The maximum atomic E-state index is 12.6. The van der Waals surface area contributed by atoms with Gasteiger partial charge in [0.05, 0.1) is 10.7 Å². The Kier molecular flexibility index (Phi) is 4.37. The third-order valence-corrected chi connectivity index (χ3v) is 4.04. The van der Waals surface area contributed by atoms with Crippen LogP contribution in [0.1, 0.15) is 25.9 Å². The van der Waals surface area contributed by atoms with E-state index in [1.54, 1.807) is 19.1 Å². The molecule has 21 heavy (non-hydrogen) atoms. The lowest BCUT2D eigenvalue weighted by Gasteiger charge is -2.20. The van der Waals surface area contributed by atoms with Gasteiger partial charge in [0.2, 0.25) is 0 Å². The van der Waals surface area contributed by atoms with Crippen LogP contribution in [0.3, 0.4) is 0 Å². The third-order valence-electron chi connectivity index (χ3n) is 2.98. The Morgan fingerprint density at radius 3 is 2.29 bits per heavy atom. The fourth-order valence-corrected chi connectivity index (χ4v) is 2.86. The predicted octanol–water partition coefficient (Wildman–Crippen LogP) is 2.80. The second-order valence-electron chi connectivity index (χ2n) is 4.77. The predicted molar refractivity (Wildman–Crippen MR) is 82.1 cm³/mol. The van der Waals surface area contributed by atoms with Gasteiger partial charge < -0.3 is 5.11 Å².